The molecule has 0 saturated carbocycles. The third-order valence-corrected chi connectivity index (χ3v) is 1.86. The number of nitrogens with two attached hydrogens (primary N) is 1. The molecule has 0 spiro atoms. The van der Waals surface area contributed by atoms with Crippen LogP contribution in [0.3, 0.4) is 0 Å². The minimum absolute atomic E-state index is 0.526. The van der Waals surface area contributed by atoms with Gasteiger partial charge in [0.25, 0.3) is 0 Å². The number of benzene rings is 1. The lowest BCUT2D eigenvalue weighted by molar-refractivity contribution is 0.934. The highest BCUT2D eigenvalue weighted by Gasteiger charge is 2.01. The van der Waals surface area contributed by atoms with Crippen LogP contribution in [0.2, 0.25) is 0 Å². The Morgan fingerprint density at radius 3 is 2.67 bits per heavy atom. The van der Waals surface area contributed by atoms with Crippen LogP contribution in [0.15, 0.2) is 24.3 Å². The molecule has 1 aromatic carbocycles. The van der Waals surface area contributed by atoms with Gasteiger partial charge in [-0.25, -0.2) is 0 Å². The minimum Gasteiger partial charge on any atom is -0.386 e. The Labute approximate surface area is 73.2 Å². The summed E-state index contributed by atoms with van der Waals surface area (Å²) >= 11 is 0. The average molecular weight is 165 g/mol. The van der Waals surface area contributed by atoms with E-state index in [2.05, 4.69) is 5.32 Å². The van der Waals surface area contributed by atoms with Gasteiger partial charge in [0.15, 0.2) is 0 Å². The summed E-state index contributed by atoms with van der Waals surface area (Å²) in [7, 11) is 3.87. The van der Waals surface area contributed by atoms with Crippen molar-refractivity contribution in [2.45, 2.75) is 0 Å². The lowest BCUT2D eigenvalue weighted by Gasteiger charge is -2.19. The van der Waals surface area contributed by atoms with Crippen molar-refractivity contribution in [2.75, 3.05) is 31.0 Å². The Kier molecular flexibility index (Phi) is 2.94. The van der Waals surface area contributed by atoms with Crippen LogP contribution in [-0.4, -0.2) is 20.8 Å². The monoisotopic (exact) mass is 165 g/mol. The lowest BCUT2D eigenvalue weighted by atomic mass is 10.2. The largest absolute Gasteiger partial charge is 0.386 e. The van der Waals surface area contributed by atoms with E-state index in [-0.39, 0.29) is 0 Å². The summed E-state index contributed by atoms with van der Waals surface area (Å²) < 4.78 is 0. The van der Waals surface area contributed by atoms with Crippen LogP contribution >= 0.6 is 0 Å². The van der Waals surface area contributed by atoms with E-state index in [0.717, 1.165) is 11.4 Å². The third kappa shape index (κ3) is 1.68. The molecule has 0 saturated heterocycles. The number of nitrogens with zero attached hydrogens (tertiary/aromatic N) is 1. The molecule has 0 amide bonds. The SMILES string of the molecule is CNc1ccccc1N(C)CN. The van der Waals surface area contributed by atoms with Crippen LogP contribution in [0.5, 0.6) is 0 Å². The van der Waals surface area contributed by atoms with Gasteiger partial charge in [-0.05, 0) is 12.1 Å². The quantitative estimate of drug-likeness (QED) is 0.658. The van der Waals surface area contributed by atoms with Gasteiger partial charge in [-0.3, -0.25) is 0 Å². The smallest absolute Gasteiger partial charge is 0.0654 e. The number of hydrogen-bond acceptors (Lipinski definition) is 3. The summed E-state index contributed by atoms with van der Waals surface area (Å²) in [5, 5.41) is 3.11. The molecule has 0 aliphatic carbocycles. The van der Waals surface area contributed by atoms with Gasteiger partial charge in [-0.2, -0.15) is 0 Å². The van der Waals surface area contributed by atoms with E-state index in [1.54, 1.807) is 0 Å². The molecule has 3 nitrogen and oxygen atoms in total. The van der Waals surface area contributed by atoms with Gasteiger partial charge in [0.1, 0.15) is 0 Å². The first-order valence-electron chi connectivity index (χ1n) is 3.97. The molecule has 0 aliphatic heterocycles. The molecule has 3 heteroatoms. The van der Waals surface area contributed by atoms with Crippen LogP contribution in [-0.2, 0) is 0 Å². The Balaban J connectivity index is 2.96. The topological polar surface area (TPSA) is 41.3 Å². The van der Waals surface area contributed by atoms with Gasteiger partial charge in [-0.1, -0.05) is 12.1 Å². The third-order valence-electron chi connectivity index (χ3n) is 1.86. The van der Waals surface area contributed by atoms with Crippen molar-refractivity contribution in [2.24, 2.45) is 5.73 Å². The zero-order valence-electron chi connectivity index (χ0n) is 7.54. The molecule has 1 aromatic rings. The molecule has 0 aromatic heterocycles. The Bertz CT molecular complexity index is 247. The van der Waals surface area contributed by atoms with Gasteiger partial charge in [0, 0.05) is 14.1 Å². The second-order valence-corrected chi connectivity index (χ2v) is 2.65. The Hall–Kier alpha value is -1.22. The van der Waals surface area contributed by atoms with Crippen molar-refractivity contribution >= 4 is 11.4 Å². The summed E-state index contributed by atoms with van der Waals surface area (Å²) in [6.45, 7) is 0.526. The van der Waals surface area contributed by atoms with E-state index in [1.807, 2.05) is 43.3 Å². The first-order valence-corrected chi connectivity index (χ1v) is 3.97. The number of hydrogen-bond donors (Lipinski definition) is 2. The molecule has 66 valence electrons. The highest BCUT2D eigenvalue weighted by Crippen LogP contribution is 2.22. The Morgan fingerprint density at radius 2 is 2.08 bits per heavy atom. The normalized spacial score (nSPS) is 9.58. The van der Waals surface area contributed by atoms with Crippen LogP contribution < -0.4 is 16.0 Å². The fourth-order valence-corrected chi connectivity index (χ4v) is 1.12. The van der Waals surface area contributed by atoms with Gasteiger partial charge in [0.2, 0.25) is 0 Å². The summed E-state index contributed by atoms with van der Waals surface area (Å²) in [5.41, 5.74) is 7.76. The summed E-state index contributed by atoms with van der Waals surface area (Å²) in [6, 6.07) is 8.07. The minimum atomic E-state index is 0.526. The van der Waals surface area contributed by atoms with Crippen LogP contribution in [0.4, 0.5) is 11.4 Å². The average Bonchev–Trinajstić information content (AvgIpc) is 2.16. The highest BCUT2D eigenvalue weighted by atomic mass is 15.2. The first-order chi connectivity index (χ1) is 5.79. The van der Waals surface area contributed by atoms with Crippen molar-refractivity contribution in [3.63, 3.8) is 0 Å². The van der Waals surface area contributed by atoms with Crippen LogP contribution in [0.1, 0.15) is 0 Å². The standard InChI is InChI=1S/C9H15N3/c1-11-8-5-3-4-6-9(8)12(2)7-10/h3-6,11H,7,10H2,1-2H3. The molecule has 0 fully saturated rings. The van der Waals surface area contributed by atoms with E-state index in [0.29, 0.717) is 6.67 Å². The van der Waals surface area contributed by atoms with Crippen molar-refractivity contribution in [3.8, 4) is 0 Å². The van der Waals surface area contributed by atoms with Crippen molar-refractivity contribution < 1.29 is 0 Å². The summed E-state index contributed by atoms with van der Waals surface area (Å²) in [6.07, 6.45) is 0. The second kappa shape index (κ2) is 3.97. The zero-order valence-corrected chi connectivity index (χ0v) is 7.54. The molecule has 12 heavy (non-hydrogen) atoms. The zero-order chi connectivity index (χ0) is 8.97. The summed E-state index contributed by atoms with van der Waals surface area (Å²) in [4.78, 5) is 1.99. The molecule has 0 unspecified atom stereocenters. The van der Waals surface area contributed by atoms with Crippen molar-refractivity contribution in [1.29, 1.82) is 0 Å². The maximum Gasteiger partial charge on any atom is 0.0654 e. The molecule has 0 bridgehead atoms. The summed E-state index contributed by atoms with van der Waals surface area (Å²) in [5.74, 6) is 0. The predicted molar refractivity (Wildman–Crippen MR) is 53.4 cm³/mol. The molecule has 0 atom stereocenters. The number of anilines is 2. The van der Waals surface area contributed by atoms with E-state index in [4.69, 9.17) is 5.73 Å². The van der Waals surface area contributed by atoms with Crippen molar-refractivity contribution in [1.82, 2.24) is 0 Å². The maximum atomic E-state index is 5.53. The predicted octanol–water partition coefficient (Wildman–Crippen LogP) is 1.08. The number of para-hydroxylation sites is 2. The molecule has 1 rings (SSSR count). The van der Waals surface area contributed by atoms with Gasteiger partial charge in [0.05, 0.1) is 18.0 Å². The highest BCUT2D eigenvalue weighted by molar-refractivity contribution is 5.69. The first kappa shape index (κ1) is 8.87. The van der Waals surface area contributed by atoms with Gasteiger partial charge in [-0.15, -0.1) is 0 Å². The lowest BCUT2D eigenvalue weighted by Crippen LogP contribution is -2.25. The Morgan fingerprint density at radius 1 is 1.42 bits per heavy atom. The molecule has 0 heterocycles. The van der Waals surface area contributed by atoms with Gasteiger partial charge >= 0.3 is 0 Å². The van der Waals surface area contributed by atoms with E-state index in [1.165, 1.54) is 0 Å². The number of rotatable bonds is 3. The maximum absolute atomic E-state index is 5.53. The van der Waals surface area contributed by atoms with Crippen LogP contribution in [0, 0.1) is 0 Å². The molecule has 0 radical (unpaired) electrons. The fourth-order valence-electron chi connectivity index (χ4n) is 1.12. The number of nitrogens with one attached hydrogen (secondary N) is 1. The van der Waals surface area contributed by atoms with E-state index < -0.39 is 0 Å². The fraction of sp³-hybridized carbons (Fsp3) is 0.333. The molecule has 0 aliphatic rings. The molecular formula is C9H15N3. The second-order valence-electron chi connectivity index (χ2n) is 2.65. The van der Waals surface area contributed by atoms with Crippen LogP contribution in [0.25, 0.3) is 0 Å². The van der Waals surface area contributed by atoms with E-state index in [9.17, 15) is 0 Å². The van der Waals surface area contributed by atoms with Crippen molar-refractivity contribution in [3.05, 3.63) is 24.3 Å². The molecule has 3 N–H and O–H groups in total. The van der Waals surface area contributed by atoms with Gasteiger partial charge < -0.3 is 16.0 Å². The van der Waals surface area contributed by atoms with E-state index >= 15 is 0 Å². The molecular weight excluding hydrogens is 150 g/mol.